The Morgan fingerprint density at radius 3 is 3.12 bits per heavy atom. The zero-order valence-electron chi connectivity index (χ0n) is 9.00. The number of hydrogen-bond donors (Lipinski definition) is 1. The molecule has 2 nitrogen and oxygen atoms in total. The standard InChI is InChI=1S/C13H14FNO/c1-2-13(16)15-12-5-3-4-9-8-10(14)6-7-11(9)12/h2,6-8,12H,1,3-5H2,(H,15,16)/t12-/m0/s1. The molecule has 0 aromatic heterocycles. The summed E-state index contributed by atoms with van der Waals surface area (Å²) < 4.78 is 13.0. The van der Waals surface area contributed by atoms with Gasteiger partial charge in [-0.1, -0.05) is 12.6 Å². The summed E-state index contributed by atoms with van der Waals surface area (Å²) in [6.07, 6.45) is 4.02. The first-order valence-electron chi connectivity index (χ1n) is 5.42. The average molecular weight is 219 g/mol. The van der Waals surface area contributed by atoms with Crippen LogP contribution in [0.2, 0.25) is 0 Å². The molecule has 2 rings (SSSR count). The highest BCUT2D eigenvalue weighted by Gasteiger charge is 2.21. The largest absolute Gasteiger partial charge is 0.346 e. The van der Waals surface area contributed by atoms with E-state index >= 15 is 0 Å². The summed E-state index contributed by atoms with van der Waals surface area (Å²) in [5, 5.41) is 2.86. The summed E-state index contributed by atoms with van der Waals surface area (Å²) in [5.41, 5.74) is 2.03. The van der Waals surface area contributed by atoms with Gasteiger partial charge in [-0.25, -0.2) is 4.39 Å². The van der Waals surface area contributed by atoms with E-state index in [9.17, 15) is 9.18 Å². The molecule has 1 aromatic rings. The molecule has 0 bridgehead atoms. The highest BCUT2D eigenvalue weighted by molar-refractivity contribution is 5.87. The maximum absolute atomic E-state index is 13.0. The highest BCUT2D eigenvalue weighted by atomic mass is 19.1. The van der Waals surface area contributed by atoms with Crippen LogP contribution in [0.1, 0.15) is 30.0 Å². The number of rotatable bonds is 2. The Kier molecular flexibility index (Phi) is 3.04. The van der Waals surface area contributed by atoms with Crippen LogP contribution in [0.15, 0.2) is 30.9 Å². The van der Waals surface area contributed by atoms with Crippen molar-refractivity contribution in [1.82, 2.24) is 5.32 Å². The molecule has 1 amide bonds. The van der Waals surface area contributed by atoms with Crippen LogP contribution in [0, 0.1) is 5.82 Å². The zero-order valence-corrected chi connectivity index (χ0v) is 9.00. The van der Waals surface area contributed by atoms with Gasteiger partial charge in [-0.2, -0.15) is 0 Å². The number of carbonyl (C=O) groups is 1. The van der Waals surface area contributed by atoms with Crippen molar-refractivity contribution in [3.8, 4) is 0 Å². The molecule has 1 aromatic carbocycles. The first kappa shape index (κ1) is 10.9. The third-order valence-electron chi connectivity index (χ3n) is 2.92. The van der Waals surface area contributed by atoms with E-state index < -0.39 is 0 Å². The van der Waals surface area contributed by atoms with Gasteiger partial charge in [0.05, 0.1) is 6.04 Å². The Bertz CT molecular complexity index is 428. The number of nitrogens with one attached hydrogen (secondary N) is 1. The van der Waals surface area contributed by atoms with Crippen LogP contribution in [0.25, 0.3) is 0 Å². The quantitative estimate of drug-likeness (QED) is 0.761. The predicted octanol–water partition coefficient (Wildman–Crippen LogP) is 2.51. The fourth-order valence-electron chi connectivity index (χ4n) is 2.16. The molecule has 0 heterocycles. The second-order valence-corrected chi connectivity index (χ2v) is 4.00. The number of hydrogen-bond acceptors (Lipinski definition) is 1. The molecule has 1 aliphatic carbocycles. The SMILES string of the molecule is C=CC(=O)N[C@H]1CCCc2cc(F)ccc21. The van der Waals surface area contributed by atoms with E-state index in [1.54, 1.807) is 12.1 Å². The summed E-state index contributed by atoms with van der Waals surface area (Å²) in [6, 6.07) is 4.76. The van der Waals surface area contributed by atoms with Gasteiger partial charge in [0, 0.05) is 0 Å². The molecule has 1 aliphatic rings. The molecule has 0 saturated heterocycles. The van der Waals surface area contributed by atoms with Crippen molar-refractivity contribution in [2.24, 2.45) is 0 Å². The second-order valence-electron chi connectivity index (χ2n) is 4.00. The first-order chi connectivity index (χ1) is 7.70. The number of amides is 1. The summed E-state index contributed by atoms with van der Waals surface area (Å²) in [6.45, 7) is 3.42. The third-order valence-corrected chi connectivity index (χ3v) is 2.92. The molecule has 0 unspecified atom stereocenters. The topological polar surface area (TPSA) is 29.1 Å². The lowest BCUT2D eigenvalue weighted by atomic mass is 9.87. The average Bonchev–Trinajstić information content (AvgIpc) is 2.28. The van der Waals surface area contributed by atoms with Crippen LogP contribution in [-0.2, 0) is 11.2 Å². The summed E-state index contributed by atoms with van der Waals surface area (Å²) in [7, 11) is 0. The van der Waals surface area contributed by atoms with Crippen molar-refractivity contribution in [3.63, 3.8) is 0 Å². The molecule has 0 spiro atoms. The Balaban J connectivity index is 2.26. The van der Waals surface area contributed by atoms with Crippen molar-refractivity contribution in [3.05, 3.63) is 47.8 Å². The Morgan fingerprint density at radius 1 is 1.56 bits per heavy atom. The van der Waals surface area contributed by atoms with Gasteiger partial charge in [0.1, 0.15) is 5.82 Å². The van der Waals surface area contributed by atoms with Crippen molar-refractivity contribution in [1.29, 1.82) is 0 Å². The molecule has 16 heavy (non-hydrogen) atoms. The number of fused-ring (bicyclic) bond motifs is 1. The molecule has 0 aliphatic heterocycles. The van der Waals surface area contributed by atoms with Gasteiger partial charge in [0.15, 0.2) is 0 Å². The van der Waals surface area contributed by atoms with Gasteiger partial charge in [-0.15, -0.1) is 0 Å². The molecule has 0 saturated carbocycles. The minimum atomic E-state index is -0.213. The van der Waals surface area contributed by atoms with Crippen LogP contribution in [-0.4, -0.2) is 5.91 Å². The number of aryl methyl sites for hydroxylation is 1. The van der Waals surface area contributed by atoms with Gasteiger partial charge in [0.2, 0.25) is 5.91 Å². The molecule has 84 valence electrons. The second kappa shape index (κ2) is 4.47. The maximum Gasteiger partial charge on any atom is 0.243 e. The highest BCUT2D eigenvalue weighted by Crippen LogP contribution is 2.30. The van der Waals surface area contributed by atoms with Crippen molar-refractivity contribution >= 4 is 5.91 Å². The zero-order chi connectivity index (χ0) is 11.5. The Hall–Kier alpha value is -1.64. The number of halogens is 1. The van der Waals surface area contributed by atoms with Gasteiger partial charge in [-0.05, 0) is 48.6 Å². The van der Waals surface area contributed by atoms with Crippen molar-refractivity contribution in [2.45, 2.75) is 25.3 Å². The molecule has 1 atom stereocenters. The van der Waals surface area contributed by atoms with Crippen molar-refractivity contribution < 1.29 is 9.18 Å². The van der Waals surface area contributed by atoms with Gasteiger partial charge in [0.25, 0.3) is 0 Å². The minimum absolute atomic E-state index is 0.00477. The van der Waals surface area contributed by atoms with E-state index in [4.69, 9.17) is 0 Å². The van der Waals surface area contributed by atoms with E-state index in [2.05, 4.69) is 11.9 Å². The molecule has 1 N–H and O–H groups in total. The van der Waals surface area contributed by atoms with Crippen LogP contribution >= 0.6 is 0 Å². The van der Waals surface area contributed by atoms with Crippen molar-refractivity contribution in [2.75, 3.05) is 0 Å². The van der Waals surface area contributed by atoms with E-state index in [1.165, 1.54) is 12.1 Å². The molecule has 0 radical (unpaired) electrons. The van der Waals surface area contributed by atoms with Crippen LogP contribution in [0.3, 0.4) is 0 Å². The minimum Gasteiger partial charge on any atom is -0.346 e. The maximum atomic E-state index is 13.0. The monoisotopic (exact) mass is 219 g/mol. The molecule has 3 heteroatoms. The van der Waals surface area contributed by atoms with Gasteiger partial charge in [-0.3, -0.25) is 4.79 Å². The summed E-state index contributed by atoms with van der Waals surface area (Å²) >= 11 is 0. The normalized spacial score (nSPS) is 18.7. The van der Waals surface area contributed by atoms with Gasteiger partial charge < -0.3 is 5.32 Å². The third kappa shape index (κ3) is 2.13. The first-order valence-corrected chi connectivity index (χ1v) is 5.42. The van der Waals surface area contributed by atoms with Crippen LogP contribution < -0.4 is 5.32 Å². The molecular weight excluding hydrogens is 205 g/mol. The van der Waals surface area contributed by atoms with E-state index in [0.717, 1.165) is 30.4 Å². The lowest BCUT2D eigenvalue weighted by Crippen LogP contribution is -2.29. The Labute approximate surface area is 94.2 Å². The smallest absolute Gasteiger partial charge is 0.243 e. The van der Waals surface area contributed by atoms with Crippen LogP contribution in [0.5, 0.6) is 0 Å². The van der Waals surface area contributed by atoms with E-state index in [1.807, 2.05) is 0 Å². The number of benzene rings is 1. The summed E-state index contributed by atoms with van der Waals surface area (Å²) in [4.78, 5) is 11.3. The fraction of sp³-hybridized carbons (Fsp3) is 0.308. The lowest BCUT2D eigenvalue weighted by Gasteiger charge is -2.25. The fourth-order valence-corrected chi connectivity index (χ4v) is 2.16. The van der Waals surface area contributed by atoms with Crippen LogP contribution in [0.4, 0.5) is 4.39 Å². The van der Waals surface area contributed by atoms with E-state index in [-0.39, 0.29) is 17.8 Å². The Morgan fingerprint density at radius 2 is 2.38 bits per heavy atom. The summed E-state index contributed by atoms with van der Waals surface area (Å²) in [5.74, 6) is -0.392. The predicted molar refractivity (Wildman–Crippen MR) is 60.4 cm³/mol. The molecular formula is C13H14FNO. The lowest BCUT2D eigenvalue weighted by molar-refractivity contribution is -0.117. The van der Waals surface area contributed by atoms with E-state index in [0.29, 0.717) is 0 Å². The molecule has 0 fully saturated rings. The number of carbonyl (C=O) groups excluding carboxylic acids is 1. The van der Waals surface area contributed by atoms with Gasteiger partial charge >= 0.3 is 0 Å².